The van der Waals surface area contributed by atoms with Gasteiger partial charge < -0.3 is 4.74 Å². The van der Waals surface area contributed by atoms with Crippen molar-refractivity contribution in [1.82, 2.24) is 24.8 Å². The molecule has 0 spiro atoms. The number of halogens is 1. The number of hydrogen-bond donors (Lipinski definition) is 0. The molecule has 1 atom stereocenters. The SMILES string of the molecule is Cc1nn(C2CCS(=O)(=O)C2)c(Cl)c1/C=C/C(=O)OCn1nnc2ccccc2c1=O. The number of aryl methyl sites for hydroxylation is 1. The van der Waals surface area contributed by atoms with Crippen LogP contribution in [0.3, 0.4) is 0 Å². The van der Waals surface area contributed by atoms with Crippen LogP contribution >= 0.6 is 11.6 Å². The van der Waals surface area contributed by atoms with Crippen LogP contribution in [0.5, 0.6) is 0 Å². The molecule has 0 N–H and O–H groups in total. The second-order valence-corrected chi connectivity index (χ2v) is 9.72. The Kier molecular flexibility index (Phi) is 5.63. The topological polar surface area (TPSA) is 126 Å². The molecule has 12 heteroatoms. The molecular weight excluding hydrogens is 446 g/mol. The first kappa shape index (κ1) is 21.2. The van der Waals surface area contributed by atoms with Crippen LogP contribution < -0.4 is 5.56 Å². The van der Waals surface area contributed by atoms with Gasteiger partial charge in [-0.3, -0.25) is 4.79 Å². The van der Waals surface area contributed by atoms with Gasteiger partial charge in [0, 0.05) is 11.6 Å². The van der Waals surface area contributed by atoms with Crippen LogP contribution in [0.1, 0.15) is 23.7 Å². The molecule has 0 aliphatic carbocycles. The minimum atomic E-state index is -3.09. The van der Waals surface area contributed by atoms with E-state index in [-0.39, 0.29) is 22.7 Å². The third-order valence-corrected chi connectivity index (χ3v) is 7.10. The number of esters is 1. The number of benzene rings is 1. The first-order valence-electron chi connectivity index (χ1n) is 9.37. The third-order valence-electron chi connectivity index (χ3n) is 4.97. The summed E-state index contributed by atoms with van der Waals surface area (Å²) in [5, 5.41) is 12.6. The zero-order valence-electron chi connectivity index (χ0n) is 16.4. The van der Waals surface area contributed by atoms with E-state index in [1.807, 2.05) is 0 Å². The van der Waals surface area contributed by atoms with Crippen molar-refractivity contribution in [3.8, 4) is 0 Å². The number of nitrogens with zero attached hydrogens (tertiary/aromatic N) is 5. The smallest absolute Gasteiger partial charge is 0.332 e. The Morgan fingerprint density at radius 3 is 2.87 bits per heavy atom. The molecule has 1 aliphatic rings. The van der Waals surface area contributed by atoms with Crippen molar-refractivity contribution in [1.29, 1.82) is 0 Å². The lowest BCUT2D eigenvalue weighted by Crippen LogP contribution is -2.26. The van der Waals surface area contributed by atoms with Crippen LogP contribution in [0.25, 0.3) is 17.0 Å². The molecule has 1 aliphatic heterocycles. The molecule has 2 aromatic heterocycles. The summed E-state index contributed by atoms with van der Waals surface area (Å²) >= 11 is 6.37. The zero-order valence-corrected chi connectivity index (χ0v) is 18.0. The first-order chi connectivity index (χ1) is 14.7. The maximum atomic E-state index is 12.4. The van der Waals surface area contributed by atoms with Gasteiger partial charge in [-0.2, -0.15) is 9.78 Å². The summed E-state index contributed by atoms with van der Waals surface area (Å²) in [7, 11) is -3.09. The predicted octanol–water partition coefficient (Wildman–Crippen LogP) is 1.52. The minimum absolute atomic E-state index is 0.0133. The van der Waals surface area contributed by atoms with Crippen molar-refractivity contribution in [2.24, 2.45) is 0 Å². The van der Waals surface area contributed by atoms with Gasteiger partial charge in [-0.1, -0.05) is 28.9 Å². The number of hydrogen-bond acceptors (Lipinski definition) is 8. The highest BCUT2D eigenvalue weighted by molar-refractivity contribution is 7.91. The van der Waals surface area contributed by atoms with Crippen LogP contribution in [-0.2, 0) is 26.1 Å². The van der Waals surface area contributed by atoms with Crippen LogP contribution in [0.4, 0.5) is 0 Å². The van der Waals surface area contributed by atoms with Crippen LogP contribution in [-0.4, -0.2) is 50.7 Å². The summed E-state index contributed by atoms with van der Waals surface area (Å²) in [5.41, 5.74) is 1.07. The molecule has 1 unspecified atom stereocenters. The standard InChI is InChI=1S/C19H18ClN5O5S/c1-12-14(18(20)25(22-12)13-8-9-31(28,29)10-13)6-7-17(26)30-11-24-19(27)15-4-2-3-5-16(15)21-23-24/h2-7,13H,8-11H2,1H3/b7-6+. The highest BCUT2D eigenvalue weighted by atomic mass is 35.5. The molecule has 1 aromatic carbocycles. The van der Waals surface area contributed by atoms with E-state index in [0.29, 0.717) is 28.6 Å². The van der Waals surface area contributed by atoms with Gasteiger partial charge in [0.15, 0.2) is 16.6 Å². The van der Waals surface area contributed by atoms with Crippen LogP contribution in [0.15, 0.2) is 35.1 Å². The highest BCUT2D eigenvalue weighted by Gasteiger charge is 2.31. The lowest BCUT2D eigenvalue weighted by molar-refractivity contribution is -0.141. The number of fused-ring (bicyclic) bond motifs is 1. The molecule has 3 heterocycles. The Balaban J connectivity index is 1.45. The number of sulfone groups is 1. The fourth-order valence-corrected chi connectivity index (χ4v) is 5.43. The average Bonchev–Trinajstić information content (AvgIpc) is 3.24. The third kappa shape index (κ3) is 4.37. The zero-order chi connectivity index (χ0) is 22.2. The van der Waals surface area contributed by atoms with Gasteiger partial charge in [0.25, 0.3) is 5.56 Å². The first-order valence-corrected chi connectivity index (χ1v) is 11.6. The minimum Gasteiger partial charge on any atom is -0.439 e. The van der Waals surface area contributed by atoms with Gasteiger partial charge in [-0.25, -0.2) is 17.9 Å². The lowest BCUT2D eigenvalue weighted by atomic mass is 10.2. The fraction of sp³-hybridized carbons (Fsp3) is 0.316. The highest BCUT2D eigenvalue weighted by Crippen LogP contribution is 2.30. The molecule has 0 amide bonds. The van der Waals surface area contributed by atoms with Crippen LogP contribution in [0.2, 0.25) is 5.15 Å². The normalized spacial score (nSPS) is 18.1. The summed E-state index contributed by atoms with van der Waals surface area (Å²) in [4.78, 5) is 24.5. The van der Waals surface area contributed by atoms with Gasteiger partial charge in [0.2, 0.25) is 0 Å². The van der Waals surface area contributed by atoms with Gasteiger partial charge >= 0.3 is 5.97 Å². The largest absolute Gasteiger partial charge is 0.439 e. The predicted molar refractivity (Wildman–Crippen MR) is 113 cm³/mol. The second-order valence-electron chi connectivity index (χ2n) is 7.13. The van der Waals surface area contributed by atoms with E-state index in [1.54, 1.807) is 31.2 Å². The fourth-order valence-electron chi connectivity index (χ4n) is 3.36. The van der Waals surface area contributed by atoms with E-state index < -0.39 is 28.1 Å². The van der Waals surface area contributed by atoms with E-state index in [2.05, 4.69) is 15.4 Å². The quantitative estimate of drug-likeness (QED) is 0.411. The number of carbonyl (C=O) groups excluding carboxylic acids is 1. The van der Waals surface area contributed by atoms with E-state index in [4.69, 9.17) is 16.3 Å². The van der Waals surface area contributed by atoms with E-state index in [0.717, 1.165) is 10.8 Å². The maximum absolute atomic E-state index is 12.4. The van der Waals surface area contributed by atoms with Gasteiger partial charge in [0.1, 0.15) is 10.7 Å². The van der Waals surface area contributed by atoms with Crippen LogP contribution in [0, 0.1) is 6.92 Å². The van der Waals surface area contributed by atoms with Crippen molar-refractivity contribution in [3.05, 3.63) is 57.1 Å². The number of carbonyl (C=O) groups is 1. The van der Waals surface area contributed by atoms with E-state index in [1.165, 1.54) is 10.8 Å². The van der Waals surface area contributed by atoms with Gasteiger partial charge in [-0.05, 0) is 31.6 Å². The number of aromatic nitrogens is 5. The molecule has 0 bridgehead atoms. The Bertz CT molecular complexity index is 1360. The van der Waals surface area contributed by atoms with Crippen molar-refractivity contribution in [3.63, 3.8) is 0 Å². The monoisotopic (exact) mass is 463 g/mol. The van der Waals surface area contributed by atoms with E-state index >= 15 is 0 Å². The van der Waals surface area contributed by atoms with E-state index in [9.17, 15) is 18.0 Å². The Labute approximate surface area is 182 Å². The van der Waals surface area contributed by atoms with Crippen molar-refractivity contribution < 1.29 is 17.9 Å². The van der Waals surface area contributed by atoms with Gasteiger partial charge in [-0.15, -0.1) is 5.10 Å². The Morgan fingerprint density at radius 2 is 2.13 bits per heavy atom. The summed E-state index contributed by atoms with van der Waals surface area (Å²) in [6.07, 6.45) is 3.04. The Hall–Kier alpha value is -3.05. The second kappa shape index (κ2) is 8.23. The van der Waals surface area contributed by atoms with Gasteiger partial charge in [0.05, 0.1) is 28.6 Å². The summed E-state index contributed by atoms with van der Waals surface area (Å²) in [5.74, 6) is -0.629. The molecule has 0 radical (unpaired) electrons. The summed E-state index contributed by atoms with van der Waals surface area (Å²) < 4.78 is 31.0. The molecule has 162 valence electrons. The Morgan fingerprint density at radius 1 is 1.35 bits per heavy atom. The summed E-state index contributed by atoms with van der Waals surface area (Å²) in [6, 6.07) is 6.40. The molecule has 0 saturated carbocycles. The molecule has 31 heavy (non-hydrogen) atoms. The van der Waals surface area contributed by atoms with Crippen molar-refractivity contribution in [2.45, 2.75) is 26.1 Å². The molecular formula is C19H18ClN5O5S. The maximum Gasteiger partial charge on any atom is 0.332 e. The molecule has 4 rings (SSSR count). The molecule has 3 aromatic rings. The van der Waals surface area contributed by atoms with Crippen molar-refractivity contribution in [2.75, 3.05) is 11.5 Å². The van der Waals surface area contributed by atoms with Crippen molar-refractivity contribution >= 4 is 44.4 Å². The number of ether oxygens (including phenoxy) is 1. The molecule has 10 nitrogen and oxygen atoms in total. The average molecular weight is 464 g/mol. The summed E-state index contributed by atoms with van der Waals surface area (Å²) in [6.45, 7) is 1.31. The molecule has 1 fully saturated rings. The number of rotatable bonds is 5. The lowest BCUT2D eigenvalue weighted by Gasteiger charge is -2.09. The molecule has 1 saturated heterocycles.